The lowest BCUT2D eigenvalue weighted by molar-refractivity contribution is 0.0987. The molecule has 0 radical (unpaired) electrons. The van der Waals surface area contributed by atoms with Crippen LogP contribution in [-0.2, 0) is 0 Å². The Hall–Kier alpha value is -2.18. The molecule has 0 saturated carbocycles. The second-order valence-electron chi connectivity index (χ2n) is 3.03. The second kappa shape index (κ2) is 3.52. The van der Waals surface area contributed by atoms with E-state index in [1.165, 1.54) is 6.07 Å². The van der Waals surface area contributed by atoms with Crippen LogP contribution in [-0.4, -0.2) is 26.2 Å². The number of aromatic nitrogens is 4. The molecule has 0 bridgehead atoms. The Morgan fingerprint density at radius 3 is 2.87 bits per heavy atom. The Kier molecular flexibility index (Phi) is 2.20. The molecule has 0 aliphatic carbocycles. The highest BCUT2D eigenvalue weighted by Crippen LogP contribution is 2.05. The average Bonchev–Trinajstić information content (AvgIpc) is 2.75. The molecular formula is C8H9N5O2. The van der Waals surface area contributed by atoms with Gasteiger partial charge in [0.2, 0.25) is 11.7 Å². The van der Waals surface area contributed by atoms with Crippen molar-refractivity contribution in [1.29, 1.82) is 0 Å². The quantitative estimate of drug-likeness (QED) is 0.754. The van der Waals surface area contributed by atoms with E-state index >= 15 is 0 Å². The van der Waals surface area contributed by atoms with Gasteiger partial charge in [-0.05, 0) is 13.8 Å². The molecule has 2 rings (SSSR count). The van der Waals surface area contributed by atoms with Crippen molar-refractivity contribution in [2.24, 2.45) is 0 Å². The summed E-state index contributed by atoms with van der Waals surface area (Å²) < 4.78 is 4.78. The van der Waals surface area contributed by atoms with Gasteiger partial charge < -0.3 is 4.52 Å². The topological polar surface area (TPSA) is 96.7 Å². The van der Waals surface area contributed by atoms with E-state index in [9.17, 15) is 4.79 Å². The normalized spacial score (nSPS) is 10.3. The largest absolute Gasteiger partial charge is 0.351 e. The fourth-order valence-corrected chi connectivity index (χ4v) is 1.03. The van der Waals surface area contributed by atoms with Gasteiger partial charge in [0, 0.05) is 6.07 Å². The third-order valence-electron chi connectivity index (χ3n) is 1.67. The molecule has 78 valence electrons. The minimum Gasteiger partial charge on any atom is -0.351 e. The van der Waals surface area contributed by atoms with Crippen molar-refractivity contribution in [3.8, 4) is 0 Å². The van der Waals surface area contributed by atoms with Crippen LogP contribution in [0.1, 0.15) is 22.1 Å². The van der Waals surface area contributed by atoms with Crippen molar-refractivity contribution in [3.63, 3.8) is 0 Å². The first-order valence-electron chi connectivity index (χ1n) is 4.29. The van der Waals surface area contributed by atoms with Crippen LogP contribution in [0.5, 0.6) is 0 Å². The average molecular weight is 207 g/mol. The van der Waals surface area contributed by atoms with Gasteiger partial charge >= 0.3 is 0 Å². The first-order chi connectivity index (χ1) is 7.15. The van der Waals surface area contributed by atoms with Crippen LogP contribution in [0, 0.1) is 13.8 Å². The van der Waals surface area contributed by atoms with E-state index in [0.717, 1.165) is 0 Å². The number of aryl methyl sites for hydroxylation is 2. The zero-order valence-corrected chi connectivity index (χ0v) is 8.24. The van der Waals surface area contributed by atoms with E-state index in [0.29, 0.717) is 11.5 Å². The van der Waals surface area contributed by atoms with Gasteiger partial charge in [-0.25, -0.2) is 0 Å². The second-order valence-corrected chi connectivity index (χ2v) is 3.03. The predicted octanol–water partition coefficient (Wildman–Crippen LogP) is 0.662. The van der Waals surface area contributed by atoms with Crippen molar-refractivity contribution >= 4 is 11.9 Å². The number of carbonyl (C=O) groups is 1. The molecule has 0 unspecified atom stereocenters. The molecule has 0 spiro atoms. The number of anilines is 1. The fraction of sp³-hybridized carbons (Fsp3) is 0.250. The number of amides is 1. The van der Waals surface area contributed by atoms with Crippen molar-refractivity contribution in [3.05, 3.63) is 23.3 Å². The highest BCUT2D eigenvalue weighted by atomic mass is 16.5. The smallest absolute Gasteiger partial charge is 0.296 e. The van der Waals surface area contributed by atoms with Crippen molar-refractivity contribution in [2.45, 2.75) is 13.8 Å². The summed E-state index contributed by atoms with van der Waals surface area (Å²) in [6, 6.07) is 1.54. The standard InChI is InChI=1S/C8H9N5O2/c1-4-3-6(15-13-4)7(14)10-8-9-5(2)11-12-8/h3H,1-2H3,(H2,9,10,11,12,14). The summed E-state index contributed by atoms with van der Waals surface area (Å²) in [7, 11) is 0. The van der Waals surface area contributed by atoms with E-state index in [1.54, 1.807) is 13.8 Å². The molecule has 0 aliphatic heterocycles. The van der Waals surface area contributed by atoms with Crippen LogP contribution in [0.4, 0.5) is 5.95 Å². The van der Waals surface area contributed by atoms with Gasteiger partial charge in [0.25, 0.3) is 5.91 Å². The van der Waals surface area contributed by atoms with Crippen molar-refractivity contribution < 1.29 is 9.32 Å². The summed E-state index contributed by atoms with van der Waals surface area (Å²) in [5.41, 5.74) is 0.645. The fourth-order valence-electron chi connectivity index (χ4n) is 1.03. The van der Waals surface area contributed by atoms with Crippen LogP contribution < -0.4 is 5.32 Å². The molecule has 2 heterocycles. The molecule has 0 saturated heterocycles. The number of nitrogens with zero attached hydrogens (tertiary/aromatic N) is 3. The Morgan fingerprint density at radius 2 is 2.33 bits per heavy atom. The van der Waals surface area contributed by atoms with E-state index in [-0.39, 0.29) is 11.7 Å². The lowest BCUT2D eigenvalue weighted by Gasteiger charge is -1.94. The maximum atomic E-state index is 11.5. The molecule has 0 atom stereocenters. The minimum absolute atomic E-state index is 0.134. The van der Waals surface area contributed by atoms with Gasteiger partial charge in [-0.2, -0.15) is 4.98 Å². The SMILES string of the molecule is Cc1cc(C(=O)Nc2n[nH]c(C)n2)on1. The molecule has 2 aromatic heterocycles. The number of hydrogen-bond donors (Lipinski definition) is 2. The van der Waals surface area contributed by atoms with E-state index < -0.39 is 5.91 Å². The van der Waals surface area contributed by atoms with E-state index in [1.807, 2.05) is 0 Å². The zero-order valence-electron chi connectivity index (χ0n) is 8.24. The minimum atomic E-state index is -0.422. The highest BCUT2D eigenvalue weighted by Gasteiger charge is 2.13. The molecular weight excluding hydrogens is 198 g/mol. The van der Waals surface area contributed by atoms with Crippen LogP contribution in [0.15, 0.2) is 10.6 Å². The van der Waals surface area contributed by atoms with Gasteiger partial charge in [0.05, 0.1) is 5.69 Å². The Labute approximate surface area is 84.9 Å². The van der Waals surface area contributed by atoms with Crippen molar-refractivity contribution in [2.75, 3.05) is 5.32 Å². The molecule has 2 aromatic rings. The van der Waals surface area contributed by atoms with E-state index in [2.05, 4.69) is 25.7 Å². The molecule has 0 fully saturated rings. The highest BCUT2D eigenvalue weighted by molar-refractivity contribution is 6.01. The molecule has 0 aliphatic rings. The molecule has 0 aromatic carbocycles. The number of rotatable bonds is 2. The van der Waals surface area contributed by atoms with Crippen molar-refractivity contribution in [1.82, 2.24) is 20.3 Å². The first kappa shape index (κ1) is 9.38. The summed E-state index contributed by atoms with van der Waals surface area (Å²) in [5.74, 6) is 0.551. The van der Waals surface area contributed by atoms with Gasteiger partial charge in [0.15, 0.2) is 0 Å². The monoisotopic (exact) mass is 207 g/mol. The zero-order chi connectivity index (χ0) is 10.8. The molecule has 7 nitrogen and oxygen atoms in total. The number of aromatic amines is 1. The summed E-state index contributed by atoms with van der Waals surface area (Å²) in [4.78, 5) is 15.4. The van der Waals surface area contributed by atoms with Crippen LogP contribution in [0.3, 0.4) is 0 Å². The van der Waals surface area contributed by atoms with Crippen LogP contribution in [0.2, 0.25) is 0 Å². The number of carbonyl (C=O) groups excluding carboxylic acids is 1. The van der Waals surface area contributed by atoms with Gasteiger partial charge in [-0.15, -0.1) is 5.10 Å². The van der Waals surface area contributed by atoms with Gasteiger partial charge in [0.1, 0.15) is 5.82 Å². The molecule has 15 heavy (non-hydrogen) atoms. The summed E-state index contributed by atoms with van der Waals surface area (Å²) in [5, 5.41) is 12.4. The lowest BCUT2D eigenvalue weighted by atomic mass is 10.4. The predicted molar refractivity (Wildman–Crippen MR) is 50.3 cm³/mol. The van der Waals surface area contributed by atoms with E-state index in [4.69, 9.17) is 4.52 Å². The lowest BCUT2D eigenvalue weighted by Crippen LogP contribution is -2.12. The number of H-pyrrole nitrogens is 1. The number of nitrogens with one attached hydrogen (secondary N) is 2. The molecule has 2 N–H and O–H groups in total. The number of hydrogen-bond acceptors (Lipinski definition) is 5. The third kappa shape index (κ3) is 2.01. The van der Waals surface area contributed by atoms with Crippen LogP contribution in [0.25, 0.3) is 0 Å². The Balaban J connectivity index is 2.10. The maximum absolute atomic E-state index is 11.5. The molecule has 1 amide bonds. The summed E-state index contributed by atoms with van der Waals surface area (Å²) >= 11 is 0. The summed E-state index contributed by atoms with van der Waals surface area (Å²) in [6.45, 7) is 3.47. The van der Waals surface area contributed by atoms with Gasteiger partial charge in [-0.3, -0.25) is 15.2 Å². The molecule has 7 heteroatoms. The first-order valence-corrected chi connectivity index (χ1v) is 4.29. The summed E-state index contributed by atoms with van der Waals surface area (Å²) in [6.07, 6.45) is 0. The third-order valence-corrected chi connectivity index (χ3v) is 1.67. The maximum Gasteiger partial charge on any atom is 0.296 e. The van der Waals surface area contributed by atoms with Gasteiger partial charge in [-0.1, -0.05) is 5.16 Å². The van der Waals surface area contributed by atoms with Crippen LogP contribution >= 0.6 is 0 Å². The Morgan fingerprint density at radius 1 is 1.53 bits per heavy atom. The Bertz CT molecular complexity index is 487.